The average Bonchev–Trinajstić information content (AvgIpc) is 3.61. The second kappa shape index (κ2) is 10.8. The highest BCUT2D eigenvalue weighted by molar-refractivity contribution is 5.79. The Morgan fingerprint density at radius 3 is 2.12 bits per heavy atom. The quantitative estimate of drug-likeness (QED) is 0.331. The van der Waals surface area contributed by atoms with E-state index in [1.165, 1.54) is 21.3 Å². The van der Waals surface area contributed by atoms with Gasteiger partial charge < -0.3 is 58.3 Å². The number of cyclic esters (lactones) is 1. The lowest BCUT2D eigenvalue weighted by atomic mass is 9.66. The van der Waals surface area contributed by atoms with Crippen LogP contribution in [0.4, 0.5) is 0 Å². The summed E-state index contributed by atoms with van der Waals surface area (Å²) in [5.41, 5.74) is 2.00. The van der Waals surface area contributed by atoms with Crippen molar-refractivity contribution in [3.8, 4) is 28.7 Å². The number of methoxy groups -OCH3 is 3. The van der Waals surface area contributed by atoms with Gasteiger partial charge in [-0.2, -0.15) is 0 Å². The highest BCUT2D eigenvalue weighted by atomic mass is 16.7. The van der Waals surface area contributed by atoms with Gasteiger partial charge in [0.05, 0.1) is 46.6 Å². The molecule has 2 aromatic rings. The molecule has 0 bridgehead atoms. The minimum atomic E-state index is -1.63. The molecule has 4 N–H and O–H groups in total. The van der Waals surface area contributed by atoms with Crippen LogP contribution in [-0.2, 0) is 19.0 Å². The van der Waals surface area contributed by atoms with Crippen molar-refractivity contribution in [2.24, 2.45) is 11.8 Å². The molecule has 6 rings (SSSR count). The predicted molar refractivity (Wildman–Crippen MR) is 136 cm³/mol. The standard InChI is InChI=1S/C28H32O13/c1-34-17-4-11(5-18(35-2)26(17)36-3)20-12-6-15-16(39-10-38-15)7-13(12)25(14-9-37-27(33)21(14)20)41-28-24(32)23(31)22(30)19(8-29)40-28/h4-7,14,19-25,28-32H,8-10H2,1-3H3/t14-,19-,20-,21-,22+,23+,24+,25+,28+/m0/s1. The van der Waals surface area contributed by atoms with E-state index in [0.29, 0.717) is 45.4 Å². The number of aliphatic hydroxyl groups excluding tert-OH is 4. The molecule has 2 aromatic carbocycles. The first-order chi connectivity index (χ1) is 19.8. The van der Waals surface area contributed by atoms with Crippen LogP contribution in [0.3, 0.4) is 0 Å². The Morgan fingerprint density at radius 2 is 1.51 bits per heavy atom. The topological polar surface area (TPSA) is 172 Å². The Kier molecular flexibility index (Phi) is 7.34. The van der Waals surface area contributed by atoms with Crippen molar-refractivity contribution in [3.63, 3.8) is 0 Å². The minimum Gasteiger partial charge on any atom is -0.493 e. The Bertz CT molecular complexity index is 1290. The van der Waals surface area contributed by atoms with Gasteiger partial charge in [-0.1, -0.05) is 0 Å². The van der Waals surface area contributed by atoms with Crippen LogP contribution in [0.15, 0.2) is 24.3 Å². The van der Waals surface area contributed by atoms with Crippen molar-refractivity contribution in [1.82, 2.24) is 0 Å². The zero-order valence-corrected chi connectivity index (χ0v) is 22.6. The van der Waals surface area contributed by atoms with Gasteiger partial charge >= 0.3 is 5.97 Å². The molecule has 0 unspecified atom stereocenters. The van der Waals surface area contributed by atoms with Crippen LogP contribution in [0.25, 0.3) is 0 Å². The molecule has 9 atom stereocenters. The van der Waals surface area contributed by atoms with Gasteiger partial charge in [0, 0.05) is 11.8 Å². The van der Waals surface area contributed by atoms with E-state index < -0.39 is 67.1 Å². The third-order valence-electron chi connectivity index (χ3n) is 8.29. The number of esters is 1. The van der Waals surface area contributed by atoms with Gasteiger partial charge in [-0.15, -0.1) is 0 Å². The lowest BCUT2D eigenvalue weighted by Gasteiger charge is -2.44. The zero-order valence-electron chi connectivity index (χ0n) is 22.6. The number of aliphatic hydroxyl groups is 4. The first-order valence-corrected chi connectivity index (χ1v) is 13.2. The summed E-state index contributed by atoms with van der Waals surface area (Å²) >= 11 is 0. The van der Waals surface area contributed by atoms with Crippen LogP contribution >= 0.6 is 0 Å². The van der Waals surface area contributed by atoms with E-state index in [4.69, 9.17) is 37.9 Å². The molecule has 2 fully saturated rings. The van der Waals surface area contributed by atoms with E-state index in [0.717, 1.165) is 0 Å². The van der Waals surface area contributed by atoms with Crippen LogP contribution in [0.2, 0.25) is 0 Å². The van der Waals surface area contributed by atoms with Gasteiger partial charge in [0.15, 0.2) is 29.3 Å². The Balaban J connectivity index is 1.49. The highest BCUT2D eigenvalue weighted by Gasteiger charge is 2.55. The van der Waals surface area contributed by atoms with Gasteiger partial charge in [-0.3, -0.25) is 4.79 Å². The first-order valence-electron chi connectivity index (χ1n) is 13.2. The SMILES string of the molecule is COc1cc([C@H]2c3cc4c(cc3[C@@H](O[C@H]3O[C@@H](CO)[C@@H](O)[C@@H](O)[C@H]3O)[C@H]3COC(=O)[C@H]23)OCO4)cc(OC)c1OC. The van der Waals surface area contributed by atoms with Gasteiger partial charge in [0.25, 0.3) is 0 Å². The largest absolute Gasteiger partial charge is 0.493 e. The molecule has 13 nitrogen and oxygen atoms in total. The molecular formula is C28H32O13. The fourth-order valence-electron chi connectivity index (χ4n) is 6.29. The summed E-state index contributed by atoms with van der Waals surface area (Å²) in [6, 6.07) is 7.11. The number of carbonyl (C=O) groups is 1. The molecule has 1 aliphatic carbocycles. The molecule has 222 valence electrons. The predicted octanol–water partition coefficient (Wildman–Crippen LogP) is 0.233. The van der Waals surface area contributed by atoms with Crippen LogP contribution in [-0.4, -0.2) is 98.4 Å². The van der Waals surface area contributed by atoms with Crippen molar-refractivity contribution < 1.29 is 63.1 Å². The van der Waals surface area contributed by atoms with Crippen molar-refractivity contribution in [2.75, 3.05) is 41.3 Å². The fourth-order valence-corrected chi connectivity index (χ4v) is 6.29. The molecule has 0 radical (unpaired) electrons. The molecule has 3 aliphatic heterocycles. The number of rotatable bonds is 7. The molecule has 41 heavy (non-hydrogen) atoms. The summed E-state index contributed by atoms with van der Waals surface area (Å²) < 4.78 is 45.5. The summed E-state index contributed by atoms with van der Waals surface area (Å²) in [6.07, 6.45) is -8.26. The number of fused-ring (bicyclic) bond motifs is 3. The van der Waals surface area contributed by atoms with Crippen molar-refractivity contribution >= 4 is 5.97 Å². The first kappa shape index (κ1) is 27.8. The smallest absolute Gasteiger partial charge is 0.310 e. The second-order valence-corrected chi connectivity index (χ2v) is 10.3. The fraction of sp³-hybridized carbons (Fsp3) is 0.536. The third-order valence-corrected chi connectivity index (χ3v) is 8.29. The molecule has 13 heteroatoms. The number of hydrogen-bond acceptors (Lipinski definition) is 13. The summed E-state index contributed by atoms with van der Waals surface area (Å²) in [4.78, 5) is 13.4. The second-order valence-electron chi connectivity index (χ2n) is 10.3. The lowest BCUT2D eigenvalue weighted by Crippen LogP contribution is -2.59. The van der Waals surface area contributed by atoms with E-state index in [1.807, 2.05) is 0 Å². The molecule has 4 aliphatic rings. The van der Waals surface area contributed by atoms with Crippen LogP contribution in [0.5, 0.6) is 28.7 Å². The molecule has 0 aromatic heterocycles. The molecular weight excluding hydrogens is 544 g/mol. The van der Waals surface area contributed by atoms with E-state index >= 15 is 0 Å². The normalized spacial score (nSPS) is 33.5. The number of ether oxygens (including phenoxy) is 8. The third kappa shape index (κ3) is 4.44. The van der Waals surface area contributed by atoms with E-state index in [1.54, 1.807) is 24.3 Å². The van der Waals surface area contributed by atoms with Crippen molar-refractivity contribution in [3.05, 3.63) is 41.0 Å². The molecule has 0 saturated carbocycles. The number of hydrogen-bond donors (Lipinski definition) is 4. The maximum atomic E-state index is 13.4. The van der Waals surface area contributed by atoms with E-state index in [9.17, 15) is 25.2 Å². The maximum Gasteiger partial charge on any atom is 0.310 e. The zero-order chi connectivity index (χ0) is 29.0. The van der Waals surface area contributed by atoms with E-state index in [2.05, 4.69) is 0 Å². The average molecular weight is 577 g/mol. The lowest BCUT2D eigenvalue weighted by molar-refractivity contribution is -0.317. The van der Waals surface area contributed by atoms with Crippen molar-refractivity contribution in [2.45, 2.75) is 42.7 Å². The van der Waals surface area contributed by atoms with Crippen LogP contribution in [0, 0.1) is 11.8 Å². The maximum absolute atomic E-state index is 13.4. The van der Waals surface area contributed by atoms with Gasteiger partial charge in [0.1, 0.15) is 24.4 Å². The van der Waals surface area contributed by atoms with Gasteiger partial charge in [-0.05, 0) is 41.0 Å². The Labute approximate surface area is 235 Å². The molecule has 3 heterocycles. The highest BCUT2D eigenvalue weighted by Crippen LogP contribution is 2.57. The molecule has 0 spiro atoms. The van der Waals surface area contributed by atoms with Gasteiger partial charge in [-0.25, -0.2) is 0 Å². The molecule has 2 saturated heterocycles. The minimum absolute atomic E-state index is 0.0141. The van der Waals surface area contributed by atoms with Crippen molar-refractivity contribution in [1.29, 1.82) is 0 Å². The number of benzene rings is 2. The summed E-state index contributed by atoms with van der Waals surface area (Å²) in [6.45, 7) is -0.581. The van der Waals surface area contributed by atoms with Crippen LogP contribution in [0.1, 0.15) is 28.7 Å². The Morgan fingerprint density at radius 1 is 0.854 bits per heavy atom. The Hall–Kier alpha value is -3.33. The van der Waals surface area contributed by atoms with Crippen LogP contribution < -0.4 is 23.7 Å². The number of carbonyl (C=O) groups excluding carboxylic acids is 1. The monoisotopic (exact) mass is 576 g/mol. The summed E-state index contributed by atoms with van der Waals surface area (Å²) in [7, 11) is 4.51. The molecule has 0 amide bonds. The van der Waals surface area contributed by atoms with Gasteiger partial charge in [0.2, 0.25) is 12.5 Å². The summed E-state index contributed by atoms with van der Waals surface area (Å²) in [5, 5.41) is 41.0. The van der Waals surface area contributed by atoms with E-state index in [-0.39, 0.29) is 13.4 Å². The summed E-state index contributed by atoms with van der Waals surface area (Å²) in [5.74, 6) is -0.112.